The van der Waals surface area contributed by atoms with Crippen LogP contribution in [0.2, 0.25) is 0 Å². The molecule has 0 radical (unpaired) electrons. The molecule has 0 amide bonds. The van der Waals surface area contributed by atoms with E-state index in [-0.39, 0.29) is 6.10 Å². The first kappa shape index (κ1) is 11.7. The summed E-state index contributed by atoms with van der Waals surface area (Å²) in [5, 5.41) is 3.59. The summed E-state index contributed by atoms with van der Waals surface area (Å²) < 4.78 is 5.71. The van der Waals surface area contributed by atoms with Crippen molar-refractivity contribution in [3.63, 3.8) is 0 Å². The van der Waals surface area contributed by atoms with Gasteiger partial charge >= 0.3 is 0 Å². The van der Waals surface area contributed by atoms with Crippen molar-refractivity contribution in [1.82, 2.24) is 10.3 Å². The number of ether oxygens (including phenoxy) is 1. The van der Waals surface area contributed by atoms with E-state index in [1.165, 1.54) is 24.0 Å². The number of rotatable bonds is 3. The Hall–Kier alpha value is -1.35. The van der Waals surface area contributed by atoms with E-state index in [0.717, 1.165) is 18.2 Å². The highest BCUT2D eigenvalue weighted by Gasteiger charge is 2.30. The van der Waals surface area contributed by atoms with Crippen molar-refractivity contribution >= 4 is 5.57 Å². The van der Waals surface area contributed by atoms with Gasteiger partial charge < -0.3 is 10.1 Å². The number of allylic oxidation sites excluding steroid dienone is 1. The first-order chi connectivity index (χ1) is 8.72. The highest BCUT2D eigenvalue weighted by Crippen LogP contribution is 2.35. The fourth-order valence-electron chi connectivity index (χ4n) is 2.89. The summed E-state index contributed by atoms with van der Waals surface area (Å²) in [6, 6.07) is 2.62. The Balaban J connectivity index is 1.85. The first-order valence-corrected chi connectivity index (χ1v) is 6.78. The van der Waals surface area contributed by atoms with E-state index in [9.17, 15) is 0 Å². The van der Waals surface area contributed by atoms with E-state index in [0.29, 0.717) is 6.04 Å². The lowest BCUT2D eigenvalue weighted by molar-refractivity contribution is 0.241. The first-order valence-electron chi connectivity index (χ1n) is 6.78. The molecule has 3 nitrogen and oxygen atoms in total. The van der Waals surface area contributed by atoms with Gasteiger partial charge in [0.25, 0.3) is 0 Å². The summed E-state index contributed by atoms with van der Waals surface area (Å²) in [5.74, 6) is 1.70. The lowest BCUT2D eigenvalue weighted by Crippen LogP contribution is -2.22. The van der Waals surface area contributed by atoms with Crippen molar-refractivity contribution in [2.75, 3.05) is 6.54 Å². The Morgan fingerprint density at radius 3 is 3.11 bits per heavy atom. The van der Waals surface area contributed by atoms with Crippen molar-refractivity contribution < 1.29 is 4.74 Å². The Morgan fingerprint density at radius 2 is 2.28 bits per heavy atom. The minimum atomic E-state index is 0.191. The zero-order valence-corrected chi connectivity index (χ0v) is 11.0. The molecule has 96 valence electrons. The minimum absolute atomic E-state index is 0.191. The minimum Gasteiger partial charge on any atom is -0.489 e. The number of nitrogens with one attached hydrogen (secondary N) is 1. The molecule has 2 aliphatic rings. The fourth-order valence-corrected chi connectivity index (χ4v) is 2.89. The predicted molar refractivity (Wildman–Crippen MR) is 72.5 cm³/mol. The van der Waals surface area contributed by atoms with Gasteiger partial charge in [0.05, 0.1) is 12.3 Å². The molecule has 1 saturated heterocycles. The van der Waals surface area contributed by atoms with Gasteiger partial charge in [-0.3, -0.25) is 4.98 Å². The van der Waals surface area contributed by atoms with Gasteiger partial charge in [-0.1, -0.05) is 6.08 Å². The average Bonchev–Trinajstić information content (AvgIpc) is 2.71. The normalized spacial score (nSPS) is 26.3. The molecule has 0 spiro atoms. The molecule has 1 fully saturated rings. The molecule has 1 aromatic rings. The Morgan fingerprint density at radius 1 is 1.39 bits per heavy atom. The summed E-state index contributed by atoms with van der Waals surface area (Å²) in [5.41, 5.74) is 2.59. The molecule has 0 saturated carbocycles. The lowest BCUT2D eigenvalue weighted by atomic mass is 9.87. The van der Waals surface area contributed by atoms with Crippen LogP contribution in [0.1, 0.15) is 32.3 Å². The van der Waals surface area contributed by atoms with Gasteiger partial charge in [-0.2, -0.15) is 0 Å². The molecule has 1 N–H and O–H groups in total. The van der Waals surface area contributed by atoms with Crippen LogP contribution >= 0.6 is 0 Å². The standard InChI is InChI=1S/C15H20N2O/c1-10(2)18-13-6-12(8-16-9-13)14-4-3-11-5-15(14)17-7-11/h4,6,8-11,15,17H,3,5,7H2,1-2H3. The van der Waals surface area contributed by atoms with Gasteiger partial charge in [-0.25, -0.2) is 0 Å². The number of hydrogen-bond acceptors (Lipinski definition) is 3. The fraction of sp³-hybridized carbons (Fsp3) is 0.533. The predicted octanol–water partition coefficient (Wildman–Crippen LogP) is 2.63. The summed E-state index contributed by atoms with van der Waals surface area (Å²) in [6.45, 7) is 5.23. The number of pyridine rings is 1. The topological polar surface area (TPSA) is 34.1 Å². The maximum atomic E-state index is 5.71. The third kappa shape index (κ3) is 2.27. The number of hydrogen-bond donors (Lipinski definition) is 1. The number of aromatic nitrogens is 1. The van der Waals surface area contributed by atoms with Crippen LogP contribution in [0.4, 0.5) is 0 Å². The van der Waals surface area contributed by atoms with E-state index < -0.39 is 0 Å². The van der Waals surface area contributed by atoms with Crippen LogP contribution in [0.5, 0.6) is 5.75 Å². The van der Waals surface area contributed by atoms with Crippen molar-refractivity contribution in [2.45, 2.75) is 38.8 Å². The molecular weight excluding hydrogens is 224 g/mol. The van der Waals surface area contributed by atoms with E-state index in [1.807, 2.05) is 20.0 Å². The van der Waals surface area contributed by atoms with Crippen LogP contribution < -0.4 is 10.1 Å². The molecule has 1 aromatic heterocycles. The highest BCUT2D eigenvalue weighted by atomic mass is 16.5. The van der Waals surface area contributed by atoms with Crippen molar-refractivity contribution in [3.8, 4) is 5.75 Å². The third-order valence-corrected chi connectivity index (χ3v) is 3.69. The summed E-state index contributed by atoms with van der Waals surface area (Å²) in [7, 11) is 0. The molecule has 18 heavy (non-hydrogen) atoms. The molecule has 3 heteroatoms. The van der Waals surface area contributed by atoms with E-state index >= 15 is 0 Å². The zero-order valence-electron chi connectivity index (χ0n) is 11.0. The molecule has 2 bridgehead atoms. The van der Waals surface area contributed by atoms with Crippen LogP contribution in [0.25, 0.3) is 5.57 Å². The summed E-state index contributed by atoms with van der Waals surface area (Å²) in [4.78, 5) is 4.30. The van der Waals surface area contributed by atoms with Gasteiger partial charge in [0.1, 0.15) is 5.75 Å². The maximum absolute atomic E-state index is 5.71. The van der Waals surface area contributed by atoms with Crippen LogP contribution in [0.3, 0.4) is 0 Å². The van der Waals surface area contributed by atoms with Crippen molar-refractivity contribution in [2.24, 2.45) is 5.92 Å². The molecule has 3 rings (SSSR count). The maximum Gasteiger partial charge on any atom is 0.138 e. The van der Waals surface area contributed by atoms with Crippen LogP contribution in [0.15, 0.2) is 24.5 Å². The van der Waals surface area contributed by atoms with E-state index in [1.54, 1.807) is 6.20 Å². The second-order valence-corrected chi connectivity index (χ2v) is 5.53. The quantitative estimate of drug-likeness (QED) is 0.887. The van der Waals surface area contributed by atoms with Gasteiger partial charge in [0.2, 0.25) is 0 Å². The van der Waals surface area contributed by atoms with Gasteiger partial charge in [0.15, 0.2) is 0 Å². The monoisotopic (exact) mass is 244 g/mol. The molecule has 2 atom stereocenters. The third-order valence-electron chi connectivity index (χ3n) is 3.69. The molecule has 2 heterocycles. The van der Waals surface area contributed by atoms with Crippen LogP contribution in [0, 0.1) is 5.92 Å². The van der Waals surface area contributed by atoms with Crippen molar-refractivity contribution in [3.05, 3.63) is 30.1 Å². The van der Waals surface area contributed by atoms with Crippen LogP contribution in [-0.2, 0) is 0 Å². The zero-order chi connectivity index (χ0) is 12.5. The van der Waals surface area contributed by atoms with Gasteiger partial charge in [-0.15, -0.1) is 0 Å². The average molecular weight is 244 g/mol. The van der Waals surface area contributed by atoms with Gasteiger partial charge in [-0.05, 0) is 50.8 Å². The second kappa shape index (κ2) is 4.73. The number of fused-ring (bicyclic) bond motifs is 2. The lowest BCUT2D eigenvalue weighted by Gasteiger charge is -2.20. The SMILES string of the molecule is CC(C)Oc1cncc(C2=CCC3CNC2C3)c1. The number of nitrogens with zero attached hydrogens (tertiary/aromatic N) is 1. The summed E-state index contributed by atoms with van der Waals surface area (Å²) in [6.07, 6.45) is 8.75. The van der Waals surface area contributed by atoms with Crippen LogP contribution in [-0.4, -0.2) is 23.7 Å². The van der Waals surface area contributed by atoms with Crippen molar-refractivity contribution in [1.29, 1.82) is 0 Å². The molecule has 1 aliphatic heterocycles. The molecule has 0 aromatic carbocycles. The highest BCUT2D eigenvalue weighted by molar-refractivity contribution is 5.71. The van der Waals surface area contributed by atoms with E-state index in [2.05, 4.69) is 22.4 Å². The summed E-state index contributed by atoms with van der Waals surface area (Å²) >= 11 is 0. The molecule has 2 unspecified atom stereocenters. The Bertz CT molecular complexity index is 467. The van der Waals surface area contributed by atoms with E-state index in [4.69, 9.17) is 4.74 Å². The Labute approximate surface area is 108 Å². The smallest absolute Gasteiger partial charge is 0.138 e. The molecular formula is C15H20N2O. The second-order valence-electron chi connectivity index (χ2n) is 5.53. The van der Waals surface area contributed by atoms with Gasteiger partial charge in [0, 0.05) is 17.8 Å². The Kier molecular flexibility index (Phi) is 3.08. The molecule has 1 aliphatic carbocycles. The largest absolute Gasteiger partial charge is 0.489 e.